The highest BCUT2D eigenvalue weighted by atomic mass is 35.5. The van der Waals surface area contributed by atoms with Crippen molar-refractivity contribution in [1.82, 2.24) is 4.98 Å². The second-order valence-corrected chi connectivity index (χ2v) is 4.43. The molecule has 0 bridgehead atoms. The van der Waals surface area contributed by atoms with E-state index in [1.165, 1.54) is 12.1 Å². The molecular weight excluding hydrogens is 290 g/mol. The highest BCUT2D eigenvalue weighted by Crippen LogP contribution is 2.38. The van der Waals surface area contributed by atoms with Crippen LogP contribution in [0.15, 0.2) is 24.4 Å². The van der Waals surface area contributed by atoms with Crippen LogP contribution in [0, 0.1) is 11.8 Å². The van der Waals surface area contributed by atoms with Crippen LogP contribution in [-0.4, -0.2) is 4.98 Å². The number of halogens is 5. The van der Waals surface area contributed by atoms with Gasteiger partial charge in [0, 0.05) is 16.8 Å². The van der Waals surface area contributed by atoms with Gasteiger partial charge in [-0.15, -0.1) is 0 Å². The van der Waals surface area contributed by atoms with Gasteiger partial charge in [-0.2, -0.15) is 4.39 Å². The molecule has 6 heteroatoms. The fraction of sp³-hybridized carbons (Fsp3) is 0. The molecule has 0 aliphatic rings. The van der Waals surface area contributed by atoms with E-state index in [-0.39, 0.29) is 26.2 Å². The zero-order valence-corrected chi connectivity index (χ0v) is 10.4. The van der Waals surface area contributed by atoms with E-state index in [9.17, 15) is 8.78 Å². The van der Waals surface area contributed by atoms with Crippen molar-refractivity contribution in [3.63, 3.8) is 0 Å². The van der Waals surface area contributed by atoms with Gasteiger partial charge in [-0.1, -0.05) is 34.8 Å². The average molecular weight is 295 g/mol. The second kappa shape index (κ2) is 4.77. The Kier molecular flexibility index (Phi) is 3.52. The average Bonchev–Trinajstić information content (AvgIpc) is 2.24. The molecule has 0 aliphatic carbocycles. The molecule has 0 saturated heterocycles. The fourth-order valence-corrected chi connectivity index (χ4v) is 2.09. The van der Waals surface area contributed by atoms with Crippen molar-refractivity contribution in [2.75, 3.05) is 0 Å². The fourth-order valence-electron chi connectivity index (χ4n) is 1.39. The Bertz CT molecular complexity index is 567. The summed E-state index contributed by atoms with van der Waals surface area (Å²) in [5.41, 5.74) is -0.269. The molecule has 0 N–H and O–H groups in total. The van der Waals surface area contributed by atoms with Gasteiger partial charge in [-0.05, 0) is 18.2 Å². The molecule has 17 heavy (non-hydrogen) atoms. The molecule has 0 fully saturated rings. The molecular formula is C11H4Cl3F2N. The highest BCUT2D eigenvalue weighted by molar-refractivity contribution is 6.45. The van der Waals surface area contributed by atoms with Crippen LogP contribution in [0.2, 0.25) is 15.1 Å². The summed E-state index contributed by atoms with van der Waals surface area (Å²) in [6, 6.07) is 3.75. The Morgan fingerprint density at radius 1 is 1.06 bits per heavy atom. The van der Waals surface area contributed by atoms with Gasteiger partial charge in [0.05, 0.1) is 15.6 Å². The molecule has 0 atom stereocenters. The van der Waals surface area contributed by atoms with Crippen molar-refractivity contribution in [3.05, 3.63) is 51.2 Å². The first kappa shape index (κ1) is 12.6. The minimum Gasteiger partial charge on any atom is -0.228 e. The van der Waals surface area contributed by atoms with E-state index >= 15 is 0 Å². The van der Waals surface area contributed by atoms with Gasteiger partial charge in [-0.25, -0.2) is 9.37 Å². The maximum Gasteiger partial charge on any atom is 0.223 e. The highest BCUT2D eigenvalue weighted by Gasteiger charge is 2.17. The molecule has 1 aromatic carbocycles. The van der Waals surface area contributed by atoms with Crippen LogP contribution in [0.4, 0.5) is 8.78 Å². The number of nitrogens with zero attached hydrogens (tertiary/aromatic N) is 1. The summed E-state index contributed by atoms with van der Waals surface area (Å²) < 4.78 is 27.0. The van der Waals surface area contributed by atoms with Gasteiger partial charge in [-0.3, -0.25) is 0 Å². The van der Waals surface area contributed by atoms with E-state index in [1.807, 2.05) is 0 Å². The zero-order chi connectivity index (χ0) is 12.6. The number of hydrogen-bond acceptors (Lipinski definition) is 1. The van der Waals surface area contributed by atoms with Crippen molar-refractivity contribution in [1.29, 1.82) is 0 Å². The quantitative estimate of drug-likeness (QED) is 0.533. The maximum absolute atomic E-state index is 13.6. The summed E-state index contributed by atoms with van der Waals surface area (Å²) in [5, 5.41) is 0.385. The van der Waals surface area contributed by atoms with Crippen molar-refractivity contribution in [2.45, 2.75) is 0 Å². The lowest BCUT2D eigenvalue weighted by Crippen LogP contribution is -1.94. The van der Waals surface area contributed by atoms with Gasteiger partial charge in [0.15, 0.2) is 0 Å². The molecule has 0 amide bonds. The maximum atomic E-state index is 13.6. The number of pyridine rings is 1. The first-order chi connectivity index (χ1) is 8.00. The summed E-state index contributed by atoms with van der Waals surface area (Å²) in [6.45, 7) is 0. The summed E-state index contributed by atoms with van der Waals surface area (Å²) in [7, 11) is 0. The molecule has 0 aliphatic heterocycles. The first-order valence-electron chi connectivity index (χ1n) is 4.45. The van der Waals surface area contributed by atoms with Crippen LogP contribution in [-0.2, 0) is 0 Å². The smallest absolute Gasteiger partial charge is 0.223 e. The van der Waals surface area contributed by atoms with Crippen LogP contribution in [0.3, 0.4) is 0 Å². The molecule has 0 unspecified atom stereocenters. The lowest BCUT2D eigenvalue weighted by molar-refractivity contribution is 0.558. The van der Waals surface area contributed by atoms with Crippen molar-refractivity contribution in [3.8, 4) is 11.1 Å². The number of aromatic nitrogens is 1. The Morgan fingerprint density at radius 2 is 1.76 bits per heavy atom. The minimum absolute atomic E-state index is 0.0295. The zero-order valence-electron chi connectivity index (χ0n) is 8.15. The molecule has 88 valence electrons. The monoisotopic (exact) mass is 293 g/mol. The van der Waals surface area contributed by atoms with Crippen LogP contribution in [0.25, 0.3) is 11.1 Å². The Morgan fingerprint density at radius 3 is 2.41 bits per heavy atom. The summed E-state index contributed by atoms with van der Waals surface area (Å²) in [6.07, 6.45) is 1.02. The van der Waals surface area contributed by atoms with E-state index in [0.717, 1.165) is 12.3 Å². The molecule has 2 aromatic rings. The second-order valence-electron chi connectivity index (χ2n) is 3.21. The lowest BCUT2D eigenvalue weighted by atomic mass is 10.1. The van der Waals surface area contributed by atoms with Gasteiger partial charge in [0.1, 0.15) is 5.82 Å². The summed E-state index contributed by atoms with van der Waals surface area (Å²) in [4.78, 5) is 3.37. The van der Waals surface area contributed by atoms with Crippen molar-refractivity contribution in [2.24, 2.45) is 0 Å². The van der Waals surface area contributed by atoms with E-state index < -0.39 is 11.8 Å². The van der Waals surface area contributed by atoms with Gasteiger partial charge in [0.2, 0.25) is 5.95 Å². The number of hydrogen-bond donors (Lipinski definition) is 0. The first-order valence-corrected chi connectivity index (χ1v) is 5.59. The van der Waals surface area contributed by atoms with Gasteiger partial charge >= 0.3 is 0 Å². The van der Waals surface area contributed by atoms with E-state index in [0.29, 0.717) is 0 Å². The molecule has 0 radical (unpaired) electrons. The van der Waals surface area contributed by atoms with Crippen molar-refractivity contribution >= 4 is 34.8 Å². The number of rotatable bonds is 1. The van der Waals surface area contributed by atoms with Crippen LogP contribution in [0.1, 0.15) is 0 Å². The predicted octanol–water partition coefficient (Wildman–Crippen LogP) is 4.99. The Hall–Kier alpha value is -0.900. The largest absolute Gasteiger partial charge is 0.228 e. The third-order valence-corrected chi connectivity index (χ3v) is 3.14. The van der Waals surface area contributed by atoms with E-state index in [1.54, 1.807) is 0 Å². The number of benzene rings is 1. The third-order valence-electron chi connectivity index (χ3n) is 2.12. The van der Waals surface area contributed by atoms with Crippen LogP contribution in [0.5, 0.6) is 0 Å². The summed E-state index contributed by atoms with van der Waals surface area (Å²) >= 11 is 17.5. The van der Waals surface area contributed by atoms with E-state index in [2.05, 4.69) is 4.98 Å². The molecule has 2 rings (SSSR count). The standard InChI is InChI=1S/C11H4Cl3F2N/c12-5-3-6(10(14)7(13)4-5)9-8(15)1-2-17-11(9)16/h1-4H. The van der Waals surface area contributed by atoms with E-state index in [4.69, 9.17) is 34.8 Å². The van der Waals surface area contributed by atoms with Crippen LogP contribution < -0.4 is 0 Å². The normalized spacial score (nSPS) is 10.6. The molecule has 0 spiro atoms. The minimum atomic E-state index is -0.967. The summed E-state index contributed by atoms with van der Waals surface area (Å²) in [5.74, 6) is -1.75. The molecule has 1 aromatic heterocycles. The van der Waals surface area contributed by atoms with Crippen LogP contribution >= 0.6 is 34.8 Å². The topological polar surface area (TPSA) is 12.9 Å². The molecule has 1 nitrogen and oxygen atoms in total. The SMILES string of the molecule is Fc1ccnc(F)c1-c1cc(Cl)cc(Cl)c1Cl. The third kappa shape index (κ3) is 2.37. The predicted molar refractivity (Wildman–Crippen MR) is 64.6 cm³/mol. The van der Waals surface area contributed by atoms with Gasteiger partial charge < -0.3 is 0 Å². The van der Waals surface area contributed by atoms with Gasteiger partial charge in [0.25, 0.3) is 0 Å². The Balaban J connectivity index is 2.77. The molecule has 0 saturated carbocycles. The van der Waals surface area contributed by atoms with Crippen molar-refractivity contribution < 1.29 is 8.78 Å². The lowest BCUT2D eigenvalue weighted by Gasteiger charge is -2.08. The molecule has 1 heterocycles. The Labute approximate surface area is 111 Å².